The molecule has 180 valence electrons. The molecule has 0 radical (unpaired) electrons. The second-order valence-corrected chi connectivity index (χ2v) is 9.43. The highest BCUT2D eigenvalue weighted by molar-refractivity contribution is 7.99. The highest BCUT2D eigenvalue weighted by Gasteiger charge is 2.33. The number of methoxy groups -OCH3 is 1. The van der Waals surface area contributed by atoms with Crippen molar-refractivity contribution < 1.29 is 29.0 Å². The SMILES string of the molecule is COC(CNC(=O)OCC1c2ccccc2-c2ccccc21)CC(=O)N1CCSCC1C(=O)O. The van der Waals surface area contributed by atoms with Crippen LogP contribution in [0.15, 0.2) is 48.5 Å². The van der Waals surface area contributed by atoms with E-state index in [9.17, 15) is 19.5 Å². The lowest BCUT2D eigenvalue weighted by Gasteiger charge is -2.33. The van der Waals surface area contributed by atoms with Gasteiger partial charge in [0.15, 0.2) is 0 Å². The topological polar surface area (TPSA) is 105 Å². The summed E-state index contributed by atoms with van der Waals surface area (Å²) < 4.78 is 10.9. The summed E-state index contributed by atoms with van der Waals surface area (Å²) >= 11 is 1.52. The Morgan fingerprint density at radius 1 is 1.12 bits per heavy atom. The van der Waals surface area contributed by atoms with Crippen molar-refractivity contribution in [2.75, 3.05) is 38.3 Å². The quantitative estimate of drug-likeness (QED) is 0.594. The molecular formula is C25H28N2O6S. The summed E-state index contributed by atoms with van der Waals surface area (Å²) in [5.41, 5.74) is 4.57. The van der Waals surface area contributed by atoms with E-state index >= 15 is 0 Å². The lowest BCUT2D eigenvalue weighted by Crippen LogP contribution is -2.51. The number of carboxylic acid groups (broad SMARTS) is 1. The lowest BCUT2D eigenvalue weighted by atomic mass is 9.98. The second kappa shape index (κ2) is 10.9. The number of rotatable bonds is 8. The molecule has 1 fully saturated rings. The molecule has 1 saturated heterocycles. The molecule has 2 aliphatic rings. The van der Waals surface area contributed by atoms with Crippen molar-refractivity contribution in [3.8, 4) is 11.1 Å². The number of carbonyl (C=O) groups is 3. The Kier molecular flexibility index (Phi) is 7.74. The zero-order chi connectivity index (χ0) is 24.1. The first-order valence-electron chi connectivity index (χ1n) is 11.2. The third kappa shape index (κ3) is 5.20. The molecule has 0 spiro atoms. The largest absolute Gasteiger partial charge is 0.480 e. The van der Waals surface area contributed by atoms with E-state index in [1.54, 1.807) is 0 Å². The molecule has 2 aromatic rings. The van der Waals surface area contributed by atoms with Gasteiger partial charge in [-0.25, -0.2) is 9.59 Å². The Morgan fingerprint density at radius 3 is 2.38 bits per heavy atom. The molecule has 2 unspecified atom stereocenters. The smallest absolute Gasteiger partial charge is 0.407 e. The Bertz CT molecular complexity index is 1020. The van der Waals surface area contributed by atoms with Crippen molar-refractivity contribution in [3.63, 3.8) is 0 Å². The maximum Gasteiger partial charge on any atom is 0.407 e. The minimum absolute atomic E-state index is 0.0192. The average Bonchev–Trinajstić information content (AvgIpc) is 3.18. The normalized spacial score (nSPS) is 18.0. The van der Waals surface area contributed by atoms with Gasteiger partial charge in [0, 0.05) is 37.6 Å². The number of benzene rings is 2. The fourth-order valence-electron chi connectivity index (χ4n) is 4.50. The lowest BCUT2D eigenvalue weighted by molar-refractivity contribution is -0.150. The predicted octanol–water partition coefficient (Wildman–Crippen LogP) is 2.96. The van der Waals surface area contributed by atoms with Crippen molar-refractivity contribution in [2.45, 2.75) is 24.5 Å². The third-order valence-corrected chi connectivity index (χ3v) is 7.31. The minimum atomic E-state index is -1.01. The molecule has 1 aliphatic heterocycles. The van der Waals surface area contributed by atoms with Crippen LogP contribution in [0, 0.1) is 0 Å². The van der Waals surface area contributed by atoms with Gasteiger partial charge in [0.25, 0.3) is 0 Å². The summed E-state index contributed by atoms with van der Waals surface area (Å²) in [6.07, 6.45) is -1.19. The van der Waals surface area contributed by atoms with Gasteiger partial charge in [0.2, 0.25) is 5.91 Å². The number of nitrogens with one attached hydrogen (secondary N) is 1. The fourth-order valence-corrected chi connectivity index (χ4v) is 5.54. The molecule has 8 nitrogen and oxygen atoms in total. The monoisotopic (exact) mass is 484 g/mol. The Morgan fingerprint density at radius 2 is 1.76 bits per heavy atom. The minimum Gasteiger partial charge on any atom is -0.480 e. The Balaban J connectivity index is 1.30. The zero-order valence-electron chi connectivity index (χ0n) is 18.9. The number of nitrogens with zero attached hydrogens (tertiary/aromatic N) is 1. The van der Waals surface area contributed by atoms with E-state index in [0.29, 0.717) is 18.1 Å². The highest BCUT2D eigenvalue weighted by Crippen LogP contribution is 2.44. The summed E-state index contributed by atoms with van der Waals surface area (Å²) in [7, 11) is 1.46. The first-order valence-corrected chi connectivity index (χ1v) is 12.4. The van der Waals surface area contributed by atoms with Gasteiger partial charge in [-0.15, -0.1) is 0 Å². The van der Waals surface area contributed by atoms with Crippen molar-refractivity contribution in [3.05, 3.63) is 59.7 Å². The predicted molar refractivity (Wildman–Crippen MR) is 129 cm³/mol. The van der Waals surface area contributed by atoms with Gasteiger partial charge in [0.1, 0.15) is 12.6 Å². The molecule has 34 heavy (non-hydrogen) atoms. The number of carbonyl (C=O) groups excluding carboxylic acids is 2. The van der Waals surface area contributed by atoms with Gasteiger partial charge in [-0.1, -0.05) is 48.5 Å². The first kappa shape index (κ1) is 24.1. The van der Waals surface area contributed by atoms with Gasteiger partial charge < -0.3 is 24.8 Å². The molecular weight excluding hydrogens is 456 g/mol. The van der Waals surface area contributed by atoms with Gasteiger partial charge in [-0.2, -0.15) is 11.8 Å². The van der Waals surface area contributed by atoms with E-state index in [-0.39, 0.29) is 31.4 Å². The number of carboxylic acids is 1. The molecule has 1 heterocycles. The van der Waals surface area contributed by atoms with Crippen LogP contribution in [0.2, 0.25) is 0 Å². The van der Waals surface area contributed by atoms with E-state index in [4.69, 9.17) is 9.47 Å². The molecule has 0 aromatic heterocycles. The zero-order valence-corrected chi connectivity index (χ0v) is 19.8. The molecule has 9 heteroatoms. The summed E-state index contributed by atoms with van der Waals surface area (Å²) in [6.45, 7) is 0.665. The van der Waals surface area contributed by atoms with Crippen LogP contribution in [0.5, 0.6) is 0 Å². The third-order valence-electron chi connectivity index (χ3n) is 6.29. The van der Waals surface area contributed by atoms with E-state index in [1.165, 1.54) is 23.8 Å². The van der Waals surface area contributed by atoms with Crippen LogP contribution in [-0.2, 0) is 19.1 Å². The number of fused-ring (bicyclic) bond motifs is 3. The number of aliphatic carboxylic acids is 1. The summed E-state index contributed by atoms with van der Waals surface area (Å²) in [5.74, 6) is -0.273. The number of thioether (sulfide) groups is 1. The number of ether oxygens (including phenoxy) is 2. The molecule has 1 aliphatic carbocycles. The van der Waals surface area contributed by atoms with Crippen LogP contribution in [-0.4, -0.2) is 78.4 Å². The van der Waals surface area contributed by atoms with Gasteiger partial charge in [0.05, 0.1) is 12.5 Å². The van der Waals surface area contributed by atoms with Gasteiger partial charge in [-0.3, -0.25) is 4.79 Å². The maximum atomic E-state index is 12.7. The van der Waals surface area contributed by atoms with Crippen LogP contribution >= 0.6 is 11.8 Å². The van der Waals surface area contributed by atoms with E-state index in [0.717, 1.165) is 22.3 Å². The van der Waals surface area contributed by atoms with Crippen molar-refractivity contribution in [2.24, 2.45) is 0 Å². The van der Waals surface area contributed by atoms with Crippen LogP contribution in [0.25, 0.3) is 11.1 Å². The fraction of sp³-hybridized carbons (Fsp3) is 0.400. The van der Waals surface area contributed by atoms with E-state index < -0.39 is 24.2 Å². The molecule has 4 rings (SSSR count). The summed E-state index contributed by atoms with van der Waals surface area (Å²) in [4.78, 5) is 37.9. The van der Waals surface area contributed by atoms with Crippen LogP contribution < -0.4 is 5.32 Å². The molecule has 2 amide bonds. The van der Waals surface area contributed by atoms with Gasteiger partial charge in [-0.05, 0) is 22.3 Å². The number of amides is 2. The van der Waals surface area contributed by atoms with Crippen LogP contribution in [0.1, 0.15) is 23.5 Å². The Hall–Kier alpha value is -3.04. The average molecular weight is 485 g/mol. The molecule has 0 bridgehead atoms. The van der Waals surface area contributed by atoms with Crippen LogP contribution in [0.4, 0.5) is 4.79 Å². The number of alkyl carbamates (subject to hydrolysis) is 1. The van der Waals surface area contributed by atoms with E-state index in [1.807, 2.05) is 24.3 Å². The van der Waals surface area contributed by atoms with Crippen molar-refractivity contribution >= 4 is 29.7 Å². The van der Waals surface area contributed by atoms with Crippen LogP contribution in [0.3, 0.4) is 0 Å². The highest BCUT2D eigenvalue weighted by atomic mass is 32.2. The molecule has 2 N–H and O–H groups in total. The summed E-state index contributed by atoms with van der Waals surface area (Å²) in [6, 6.07) is 15.4. The van der Waals surface area contributed by atoms with Crippen molar-refractivity contribution in [1.29, 1.82) is 0 Å². The van der Waals surface area contributed by atoms with Gasteiger partial charge >= 0.3 is 12.1 Å². The second-order valence-electron chi connectivity index (χ2n) is 8.28. The standard InChI is InChI=1S/C25H28N2O6S/c1-32-16(12-23(28)27-10-11-34-15-22(27)24(29)30)13-26-25(31)33-14-21-19-8-4-2-6-17(19)18-7-3-5-9-20(18)21/h2-9,16,21-22H,10-15H2,1H3,(H,26,31)(H,29,30). The van der Waals surface area contributed by atoms with E-state index in [2.05, 4.69) is 29.6 Å². The molecule has 2 aromatic carbocycles. The van der Waals surface area contributed by atoms with Crippen molar-refractivity contribution in [1.82, 2.24) is 10.2 Å². The molecule has 2 atom stereocenters. The molecule has 0 saturated carbocycles. The maximum absolute atomic E-state index is 12.7. The number of hydrogen-bond acceptors (Lipinski definition) is 6. The first-order chi connectivity index (χ1) is 16.5. The summed E-state index contributed by atoms with van der Waals surface area (Å²) in [5, 5.41) is 12.1. The number of hydrogen-bond donors (Lipinski definition) is 2. The Labute approximate surface area is 202 Å².